The summed E-state index contributed by atoms with van der Waals surface area (Å²) in [5.74, 6) is 0.693. The number of nitrogens with zero attached hydrogens (tertiary/aromatic N) is 2. The summed E-state index contributed by atoms with van der Waals surface area (Å²) in [6.45, 7) is 0. The fourth-order valence-electron chi connectivity index (χ4n) is 2.63. The maximum Gasteiger partial charge on any atom is 0.167 e. The van der Waals surface area contributed by atoms with E-state index < -0.39 is 0 Å². The number of rotatable bonds is 4. The fourth-order valence-corrected chi connectivity index (χ4v) is 2.93. The van der Waals surface area contributed by atoms with E-state index in [4.69, 9.17) is 27.7 Å². The molecule has 2 aromatic heterocycles. The molecule has 0 fully saturated rings. The SMILES string of the molecule is Clc1ccc(-c2cc(-c3ccc(/C=C/c4cccnc4)cc3)on2)cc1Cl. The lowest BCUT2D eigenvalue weighted by molar-refractivity contribution is 0.435. The van der Waals surface area contributed by atoms with Gasteiger partial charge in [0.05, 0.1) is 10.0 Å². The first-order chi connectivity index (χ1) is 13.2. The second kappa shape index (κ2) is 7.78. The van der Waals surface area contributed by atoms with Gasteiger partial charge in [0.15, 0.2) is 5.76 Å². The van der Waals surface area contributed by atoms with Crippen LogP contribution >= 0.6 is 23.2 Å². The van der Waals surface area contributed by atoms with E-state index in [9.17, 15) is 0 Å². The van der Waals surface area contributed by atoms with Crippen molar-refractivity contribution in [3.8, 4) is 22.6 Å². The molecule has 132 valence electrons. The molecule has 0 atom stereocenters. The summed E-state index contributed by atoms with van der Waals surface area (Å²) in [5.41, 5.74) is 4.67. The molecule has 0 saturated carbocycles. The van der Waals surface area contributed by atoms with Crippen LogP contribution in [0.25, 0.3) is 34.7 Å². The van der Waals surface area contributed by atoms with Crippen molar-refractivity contribution in [2.75, 3.05) is 0 Å². The molecule has 27 heavy (non-hydrogen) atoms. The highest BCUT2D eigenvalue weighted by Crippen LogP contribution is 2.30. The average molecular weight is 393 g/mol. The molecule has 5 heteroatoms. The molecule has 0 N–H and O–H groups in total. The normalized spacial score (nSPS) is 11.2. The molecule has 0 bridgehead atoms. The molecule has 0 amide bonds. The zero-order valence-electron chi connectivity index (χ0n) is 14.1. The third-order valence-electron chi connectivity index (χ3n) is 4.07. The molecule has 0 saturated heterocycles. The highest BCUT2D eigenvalue weighted by molar-refractivity contribution is 6.42. The summed E-state index contributed by atoms with van der Waals surface area (Å²) in [4.78, 5) is 4.10. The number of halogens is 2. The van der Waals surface area contributed by atoms with Crippen LogP contribution in [0, 0.1) is 0 Å². The summed E-state index contributed by atoms with van der Waals surface area (Å²) in [6.07, 6.45) is 7.65. The lowest BCUT2D eigenvalue weighted by Crippen LogP contribution is -1.78. The molecule has 0 radical (unpaired) electrons. The van der Waals surface area contributed by atoms with Crippen LogP contribution in [0.5, 0.6) is 0 Å². The topological polar surface area (TPSA) is 38.9 Å². The van der Waals surface area contributed by atoms with Crippen LogP contribution in [0.4, 0.5) is 0 Å². The Morgan fingerprint density at radius 3 is 2.30 bits per heavy atom. The summed E-state index contributed by atoms with van der Waals surface area (Å²) < 4.78 is 5.49. The van der Waals surface area contributed by atoms with Gasteiger partial charge in [-0.25, -0.2) is 0 Å². The Morgan fingerprint density at radius 1 is 0.778 bits per heavy atom. The van der Waals surface area contributed by atoms with Crippen LogP contribution in [0.3, 0.4) is 0 Å². The van der Waals surface area contributed by atoms with E-state index in [1.165, 1.54) is 0 Å². The first kappa shape index (κ1) is 17.5. The van der Waals surface area contributed by atoms with Crippen LogP contribution in [0.1, 0.15) is 11.1 Å². The molecule has 0 spiro atoms. The Balaban J connectivity index is 1.53. The first-order valence-electron chi connectivity index (χ1n) is 8.30. The van der Waals surface area contributed by atoms with Gasteiger partial charge in [0.2, 0.25) is 0 Å². The monoisotopic (exact) mass is 392 g/mol. The Hall–Kier alpha value is -2.88. The minimum Gasteiger partial charge on any atom is -0.356 e. The third-order valence-corrected chi connectivity index (χ3v) is 4.81. The summed E-state index contributed by atoms with van der Waals surface area (Å²) >= 11 is 12.0. The maximum atomic E-state index is 6.08. The van der Waals surface area contributed by atoms with E-state index in [1.54, 1.807) is 18.3 Å². The highest BCUT2D eigenvalue weighted by Gasteiger charge is 2.10. The van der Waals surface area contributed by atoms with Gasteiger partial charge >= 0.3 is 0 Å². The van der Waals surface area contributed by atoms with Crippen molar-refractivity contribution in [1.29, 1.82) is 0 Å². The number of pyridine rings is 1. The predicted octanol–water partition coefficient (Wildman–Crippen LogP) is 6.88. The zero-order chi connectivity index (χ0) is 18.6. The fraction of sp³-hybridized carbons (Fsp3) is 0. The van der Waals surface area contributed by atoms with Crippen molar-refractivity contribution >= 4 is 35.4 Å². The number of benzene rings is 2. The number of hydrogen-bond donors (Lipinski definition) is 0. The van der Waals surface area contributed by atoms with E-state index in [0.29, 0.717) is 21.5 Å². The minimum atomic E-state index is 0.489. The highest BCUT2D eigenvalue weighted by atomic mass is 35.5. The standard InChI is InChI=1S/C22H14Cl2N2O/c23-19-10-9-18(12-20(19)24)21-13-22(27-26-21)17-7-5-15(6-8-17)3-4-16-2-1-11-25-14-16/h1-14H/b4-3+. The second-order valence-corrected chi connectivity index (χ2v) is 6.76. The average Bonchev–Trinajstić information content (AvgIpc) is 3.20. The molecule has 0 unspecified atom stereocenters. The van der Waals surface area contributed by atoms with Crippen LogP contribution < -0.4 is 0 Å². The molecule has 4 aromatic rings. The molecular formula is C22H14Cl2N2O. The van der Waals surface area contributed by atoms with Gasteiger partial charge in [-0.15, -0.1) is 0 Å². The quantitative estimate of drug-likeness (QED) is 0.379. The van der Waals surface area contributed by atoms with Gasteiger partial charge in [-0.05, 0) is 29.3 Å². The molecule has 4 rings (SSSR count). The summed E-state index contributed by atoms with van der Waals surface area (Å²) in [6, 6.07) is 19.3. The summed E-state index contributed by atoms with van der Waals surface area (Å²) in [5, 5.41) is 5.14. The molecule has 2 heterocycles. The maximum absolute atomic E-state index is 6.08. The third kappa shape index (κ3) is 4.11. The smallest absolute Gasteiger partial charge is 0.167 e. The van der Waals surface area contributed by atoms with Gasteiger partial charge in [0.1, 0.15) is 5.69 Å². The predicted molar refractivity (Wildman–Crippen MR) is 111 cm³/mol. The van der Waals surface area contributed by atoms with Gasteiger partial charge in [-0.2, -0.15) is 0 Å². The van der Waals surface area contributed by atoms with E-state index in [0.717, 1.165) is 22.3 Å². The lowest BCUT2D eigenvalue weighted by Gasteiger charge is -1.98. The van der Waals surface area contributed by atoms with Crippen molar-refractivity contribution in [3.63, 3.8) is 0 Å². The second-order valence-electron chi connectivity index (χ2n) is 5.95. The zero-order valence-corrected chi connectivity index (χ0v) is 15.7. The Kier molecular flexibility index (Phi) is 5.05. The van der Waals surface area contributed by atoms with Gasteiger partial charge in [0.25, 0.3) is 0 Å². The molecule has 3 nitrogen and oxygen atoms in total. The van der Waals surface area contributed by atoms with Crippen molar-refractivity contribution in [3.05, 3.63) is 94.2 Å². The van der Waals surface area contributed by atoms with Crippen LogP contribution in [-0.2, 0) is 0 Å². The van der Waals surface area contributed by atoms with Crippen molar-refractivity contribution in [2.24, 2.45) is 0 Å². The van der Waals surface area contributed by atoms with Gasteiger partial charge in [-0.1, -0.05) is 76.9 Å². The molecule has 0 aliphatic heterocycles. The van der Waals surface area contributed by atoms with Crippen molar-refractivity contribution in [1.82, 2.24) is 10.1 Å². The van der Waals surface area contributed by atoms with Gasteiger partial charge < -0.3 is 4.52 Å². The minimum absolute atomic E-state index is 0.489. The van der Waals surface area contributed by atoms with Crippen LogP contribution in [-0.4, -0.2) is 10.1 Å². The molecule has 0 aliphatic rings. The molecule has 2 aromatic carbocycles. The Labute approximate surface area is 166 Å². The van der Waals surface area contributed by atoms with Gasteiger partial charge in [-0.3, -0.25) is 4.98 Å². The molecule has 0 aliphatic carbocycles. The lowest BCUT2D eigenvalue weighted by atomic mass is 10.1. The van der Waals surface area contributed by atoms with E-state index in [1.807, 2.05) is 66.9 Å². The Morgan fingerprint density at radius 2 is 1.56 bits per heavy atom. The van der Waals surface area contributed by atoms with E-state index >= 15 is 0 Å². The van der Waals surface area contributed by atoms with E-state index in [-0.39, 0.29) is 0 Å². The van der Waals surface area contributed by atoms with Gasteiger partial charge in [0, 0.05) is 29.6 Å². The van der Waals surface area contributed by atoms with Crippen LogP contribution in [0.2, 0.25) is 10.0 Å². The Bertz CT molecular complexity index is 1090. The first-order valence-corrected chi connectivity index (χ1v) is 9.05. The number of hydrogen-bond acceptors (Lipinski definition) is 3. The van der Waals surface area contributed by atoms with Crippen molar-refractivity contribution < 1.29 is 4.52 Å². The van der Waals surface area contributed by atoms with Crippen molar-refractivity contribution in [2.45, 2.75) is 0 Å². The van der Waals surface area contributed by atoms with E-state index in [2.05, 4.69) is 10.1 Å². The molecular weight excluding hydrogens is 379 g/mol. The summed E-state index contributed by atoms with van der Waals surface area (Å²) in [7, 11) is 0. The number of aromatic nitrogens is 2. The van der Waals surface area contributed by atoms with Crippen LogP contribution in [0.15, 0.2) is 77.6 Å². The largest absolute Gasteiger partial charge is 0.356 e.